The highest BCUT2D eigenvalue weighted by molar-refractivity contribution is 4.97. The van der Waals surface area contributed by atoms with Crippen molar-refractivity contribution in [1.82, 2.24) is 5.32 Å². The van der Waals surface area contributed by atoms with Gasteiger partial charge in [-0.25, -0.2) is 8.78 Å². The number of hydrogen-bond acceptors (Lipinski definition) is 2. The molecular weight excluding hydrogens is 234 g/mol. The summed E-state index contributed by atoms with van der Waals surface area (Å²) in [5.74, 6) is -2.43. The summed E-state index contributed by atoms with van der Waals surface area (Å²) in [6.07, 6.45) is 5.85. The highest BCUT2D eigenvalue weighted by atomic mass is 19.3. The van der Waals surface area contributed by atoms with Gasteiger partial charge in [0.15, 0.2) is 0 Å². The highest BCUT2D eigenvalue weighted by Gasteiger charge is 2.46. The van der Waals surface area contributed by atoms with Crippen LogP contribution in [0.2, 0.25) is 0 Å². The van der Waals surface area contributed by atoms with E-state index in [-0.39, 0.29) is 24.3 Å². The van der Waals surface area contributed by atoms with E-state index in [9.17, 15) is 8.78 Å². The summed E-state index contributed by atoms with van der Waals surface area (Å²) >= 11 is 0. The van der Waals surface area contributed by atoms with Crippen molar-refractivity contribution in [3.8, 4) is 6.07 Å². The van der Waals surface area contributed by atoms with Gasteiger partial charge in [-0.2, -0.15) is 5.26 Å². The average molecular weight is 256 g/mol. The summed E-state index contributed by atoms with van der Waals surface area (Å²) in [5.41, 5.74) is 0.191. The molecular formula is C14H22F2N2. The first-order valence-electron chi connectivity index (χ1n) is 6.99. The number of halogens is 2. The Morgan fingerprint density at radius 2 is 1.83 bits per heavy atom. The van der Waals surface area contributed by atoms with Gasteiger partial charge in [0.25, 0.3) is 5.92 Å². The maximum absolute atomic E-state index is 12.7. The normalized spacial score (nSPS) is 35.8. The second-order valence-electron chi connectivity index (χ2n) is 6.09. The molecule has 0 aromatic heterocycles. The largest absolute Gasteiger partial charge is 0.311 e. The Bertz CT molecular complexity index is 319. The Morgan fingerprint density at radius 3 is 2.28 bits per heavy atom. The lowest BCUT2D eigenvalue weighted by atomic mass is 9.69. The van der Waals surface area contributed by atoms with E-state index in [0.717, 1.165) is 32.1 Å². The lowest BCUT2D eigenvalue weighted by molar-refractivity contribution is -0.0961. The van der Waals surface area contributed by atoms with Gasteiger partial charge in [-0.05, 0) is 37.5 Å². The van der Waals surface area contributed by atoms with Gasteiger partial charge < -0.3 is 5.32 Å². The second-order valence-corrected chi connectivity index (χ2v) is 6.09. The zero-order chi connectivity index (χ0) is 13.2. The molecule has 0 bridgehead atoms. The minimum Gasteiger partial charge on any atom is -0.311 e. The van der Waals surface area contributed by atoms with Gasteiger partial charge in [-0.3, -0.25) is 0 Å². The third-order valence-corrected chi connectivity index (χ3v) is 4.81. The van der Waals surface area contributed by atoms with Crippen LogP contribution in [0.25, 0.3) is 0 Å². The minimum absolute atomic E-state index is 0.000611. The Kier molecular flexibility index (Phi) is 3.91. The Hall–Kier alpha value is -0.690. The van der Waals surface area contributed by atoms with E-state index in [2.05, 4.69) is 18.3 Å². The standard InChI is InChI=1S/C14H22F2N2/c1-2-13(7-8-17)5-3-11(4-6-13)18-12-9-14(15,16)10-12/h11-12,18H,2-7,9-10H2,1H3/t11-,13-. The highest BCUT2D eigenvalue weighted by Crippen LogP contribution is 2.43. The Labute approximate surface area is 108 Å². The monoisotopic (exact) mass is 256 g/mol. The molecule has 4 heteroatoms. The zero-order valence-corrected chi connectivity index (χ0v) is 11.0. The molecule has 2 saturated carbocycles. The zero-order valence-electron chi connectivity index (χ0n) is 11.0. The van der Waals surface area contributed by atoms with Crippen LogP contribution in [0, 0.1) is 16.7 Å². The lowest BCUT2D eigenvalue weighted by Crippen LogP contribution is -2.53. The van der Waals surface area contributed by atoms with Crippen molar-refractivity contribution < 1.29 is 8.78 Å². The molecule has 0 heterocycles. The predicted molar refractivity (Wildman–Crippen MR) is 66.3 cm³/mol. The van der Waals surface area contributed by atoms with E-state index in [1.165, 1.54) is 0 Å². The van der Waals surface area contributed by atoms with E-state index >= 15 is 0 Å². The van der Waals surface area contributed by atoms with E-state index in [1.54, 1.807) is 0 Å². The first-order valence-corrected chi connectivity index (χ1v) is 6.99. The van der Waals surface area contributed by atoms with Gasteiger partial charge in [-0.1, -0.05) is 6.92 Å². The van der Waals surface area contributed by atoms with Crippen molar-refractivity contribution in [2.24, 2.45) is 5.41 Å². The van der Waals surface area contributed by atoms with Crippen molar-refractivity contribution in [2.75, 3.05) is 0 Å². The third-order valence-electron chi connectivity index (χ3n) is 4.81. The van der Waals surface area contributed by atoms with Crippen LogP contribution in [-0.2, 0) is 0 Å². The van der Waals surface area contributed by atoms with Crippen LogP contribution in [0.5, 0.6) is 0 Å². The topological polar surface area (TPSA) is 35.8 Å². The second kappa shape index (κ2) is 5.13. The molecule has 2 aliphatic carbocycles. The van der Waals surface area contributed by atoms with Crippen LogP contribution in [0.15, 0.2) is 0 Å². The van der Waals surface area contributed by atoms with Gasteiger partial charge in [0, 0.05) is 31.3 Å². The summed E-state index contributed by atoms with van der Waals surface area (Å²) in [6.45, 7) is 2.15. The van der Waals surface area contributed by atoms with E-state index in [4.69, 9.17) is 5.26 Å². The lowest BCUT2D eigenvalue weighted by Gasteiger charge is -2.43. The van der Waals surface area contributed by atoms with Gasteiger partial charge in [0.2, 0.25) is 0 Å². The number of nitriles is 1. The first kappa shape index (κ1) is 13.7. The van der Waals surface area contributed by atoms with Crippen LogP contribution < -0.4 is 5.32 Å². The number of hydrogen-bond donors (Lipinski definition) is 1. The fourth-order valence-electron chi connectivity index (χ4n) is 3.33. The number of nitrogens with zero attached hydrogens (tertiary/aromatic N) is 1. The summed E-state index contributed by atoms with van der Waals surface area (Å²) < 4.78 is 25.5. The maximum atomic E-state index is 12.7. The molecule has 18 heavy (non-hydrogen) atoms. The Morgan fingerprint density at radius 1 is 1.22 bits per heavy atom. The fourth-order valence-corrected chi connectivity index (χ4v) is 3.33. The molecule has 102 valence electrons. The molecule has 0 aromatic rings. The van der Waals surface area contributed by atoms with Crippen LogP contribution in [0.3, 0.4) is 0 Å². The SMILES string of the molecule is CC[C@]1(CC#N)CC[C@H](NC2CC(F)(F)C2)CC1. The summed E-state index contributed by atoms with van der Waals surface area (Å²) in [4.78, 5) is 0. The molecule has 0 aliphatic heterocycles. The quantitative estimate of drug-likeness (QED) is 0.833. The Balaban J connectivity index is 1.75. The summed E-state index contributed by atoms with van der Waals surface area (Å²) in [6, 6.07) is 2.69. The smallest absolute Gasteiger partial charge is 0.251 e. The molecule has 0 unspecified atom stereocenters. The number of nitrogens with one attached hydrogen (secondary N) is 1. The van der Waals surface area contributed by atoms with E-state index in [0.29, 0.717) is 12.5 Å². The molecule has 0 saturated heterocycles. The summed E-state index contributed by atoms with van der Waals surface area (Å²) in [7, 11) is 0. The first-order chi connectivity index (χ1) is 8.49. The van der Waals surface area contributed by atoms with Gasteiger partial charge in [0.05, 0.1) is 6.07 Å². The molecule has 2 rings (SSSR count). The van der Waals surface area contributed by atoms with Crippen LogP contribution in [0.1, 0.15) is 58.3 Å². The summed E-state index contributed by atoms with van der Waals surface area (Å²) in [5, 5.41) is 12.2. The van der Waals surface area contributed by atoms with Crippen molar-refractivity contribution in [3.63, 3.8) is 0 Å². The third kappa shape index (κ3) is 3.00. The van der Waals surface area contributed by atoms with Crippen LogP contribution in [-0.4, -0.2) is 18.0 Å². The molecule has 2 fully saturated rings. The van der Waals surface area contributed by atoms with E-state index in [1.807, 2.05) is 0 Å². The molecule has 0 amide bonds. The molecule has 2 nitrogen and oxygen atoms in total. The van der Waals surface area contributed by atoms with Crippen LogP contribution >= 0.6 is 0 Å². The van der Waals surface area contributed by atoms with Gasteiger partial charge >= 0.3 is 0 Å². The van der Waals surface area contributed by atoms with Crippen molar-refractivity contribution in [2.45, 2.75) is 76.3 Å². The van der Waals surface area contributed by atoms with Gasteiger partial charge in [-0.15, -0.1) is 0 Å². The maximum Gasteiger partial charge on any atom is 0.251 e. The van der Waals surface area contributed by atoms with E-state index < -0.39 is 5.92 Å². The molecule has 0 aromatic carbocycles. The number of rotatable bonds is 4. The van der Waals surface area contributed by atoms with Crippen LogP contribution in [0.4, 0.5) is 8.78 Å². The molecule has 1 N–H and O–H groups in total. The predicted octanol–water partition coefficient (Wildman–Crippen LogP) is 3.63. The molecule has 2 aliphatic rings. The molecule has 0 atom stereocenters. The van der Waals surface area contributed by atoms with Gasteiger partial charge in [0.1, 0.15) is 0 Å². The van der Waals surface area contributed by atoms with Crippen molar-refractivity contribution >= 4 is 0 Å². The number of alkyl halides is 2. The van der Waals surface area contributed by atoms with Crippen molar-refractivity contribution in [1.29, 1.82) is 5.26 Å². The molecule has 0 spiro atoms. The fraction of sp³-hybridized carbons (Fsp3) is 0.929. The minimum atomic E-state index is -2.43. The van der Waals surface area contributed by atoms with Crippen molar-refractivity contribution in [3.05, 3.63) is 0 Å². The average Bonchev–Trinajstić information content (AvgIpc) is 2.30. The molecule has 0 radical (unpaired) electrons.